The van der Waals surface area contributed by atoms with E-state index in [0.717, 1.165) is 17.9 Å². The molecule has 0 fully saturated rings. The lowest BCUT2D eigenvalue weighted by atomic mass is 10.0. The van der Waals surface area contributed by atoms with Gasteiger partial charge in [-0.1, -0.05) is 19.1 Å². The molecular formula is C14H15F2NO2. The van der Waals surface area contributed by atoms with Gasteiger partial charge in [-0.15, -0.1) is 0 Å². The van der Waals surface area contributed by atoms with E-state index in [1.807, 2.05) is 19.1 Å². The molecular weight excluding hydrogens is 252 g/mol. The standard InChI is InChI=1S/C14H15F2NO2/c1-2-17-13(12-4-3-9-18-12)10-5-7-11(8-6-10)19-14(15)16/h3-9,13-14,17H,2H2,1H3. The zero-order valence-electron chi connectivity index (χ0n) is 10.5. The summed E-state index contributed by atoms with van der Waals surface area (Å²) >= 11 is 0. The number of hydrogen-bond donors (Lipinski definition) is 1. The van der Waals surface area contributed by atoms with Crippen LogP contribution in [0.3, 0.4) is 0 Å². The molecule has 0 saturated carbocycles. The Kier molecular flexibility index (Phi) is 4.52. The van der Waals surface area contributed by atoms with Crippen molar-refractivity contribution < 1.29 is 17.9 Å². The number of furan rings is 1. The molecule has 2 rings (SSSR count). The molecule has 1 heterocycles. The maximum absolute atomic E-state index is 12.1. The fourth-order valence-electron chi connectivity index (χ4n) is 1.88. The number of nitrogens with one attached hydrogen (secondary N) is 1. The second kappa shape index (κ2) is 6.33. The third-order valence-electron chi connectivity index (χ3n) is 2.67. The second-order valence-electron chi connectivity index (χ2n) is 3.95. The van der Waals surface area contributed by atoms with E-state index in [1.165, 1.54) is 12.1 Å². The van der Waals surface area contributed by atoms with E-state index in [-0.39, 0.29) is 11.8 Å². The molecule has 0 aliphatic rings. The normalized spacial score (nSPS) is 12.6. The summed E-state index contributed by atoms with van der Waals surface area (Å²) in [6, 6.07) is 10.1. The van der Waals surface area contributed by atoms with Crippen LogP contribution in [0.1, 0.15) is 24.3 Å². The summed E-state index contributed by atoms with van der Waals surface area (Å²) in [5.41, 5.74) is 0.929. The van der Waals surface area contributed by atoms with Crippen molar-refractivity contribution in [1.82, 2.24) is 5.32 Å². The van der Waals surface area contributed by atoms with E-state index in [9.17, 15) is 8.78 Å². The van der Waals surface area contributed by atoms with Crippen LogP contribution in [0.2, 0.25) is 0 Å². The lowest BCUT2D eigenvalue weighted by Crippen LogP contribution is -2.21. The van der Waals surface area contributed by atoms with Gasteiger partial charge in [-0.3, -0.25) is 0 Å². The molecule has 102 valence electrons. The van der Waals surface area contributed by atoms with E-state index in [4.69, 9.17) is 4.42 Å². The van der Waals surface area contributed by atoms with E-state index in [2.05, 4.69) is 10.1 Å². The number of rotatable bonds is 6. The Morgan fingerprint density at radius 3 is 2.47 bits per heavy atom. The van der Waals surface area contributed by atoms with Crippen molar-refractivity contribution in [3.63, 3.8) is 0 Å². The molecule has 1 aromatic heterocycles. The van der Waals surface area contributed by atoms with Crippen molar-refractivity contribution in [2.24, 2.45) is 0 Å². The summed E-state index contributed by atoms with van der Waals surface area (Å²) in [4.78, 5) is 0. The monoisotopic (exact) mass is 267 g/mol. The topological polar surface area (TPSA) is 34.4 Å². The van der Waals surface area contributed by atoms with Gasteiger partial charge in [0.2, 0.25) is 0 Å². The molecule has 2 aromatic rings. The number of alkyl halides is 2. The summed E-state index contributed by atoms with van der Waals surface area (Å²) in [6.07, 6.45) is 1.61. The Morgan fingerprint density at radius 2 is 1.95 bits per heavy atom. The van der Waals surface area contributed by atoms with Crippen molar-refractivity contribution in [3.05, 3.63) is 54.0 Å². The van der Waals surface area contributed by atoms with Crippen LogP contribution in [-0.4, -0.2) is 13.2 Å². The molecule has 0 aliphatic carbocycles. The van der Waals surface area contributed by atoms with Gasteiger partial charge in [0, 0.05) is 0 Å². The molecule has 5 heteroatoms. The van der Waals surface area contributed by atoms with Gasteiger partial charge in [-0.25, -0.2) is 0 Å². The first-order valence-corrected chi connectivity index (χ1v) is 6.02. The average Bonchev–Trinajstić information content (AvgIpc) is 2.90. The van der Waals surface area contributed by atoms with Gasteiger partial charge in [0.1, 0.15) is 11.5 Å². The molecule has 1 unspecified atom stereocenters. The smallest absolute Gasteiger partial charge is 0.387 e. The molecule has 0 spiro atoms. The largest absolute Gasteiger partial charge is 0.467 e. The highest BCUT2D eigenvalue weighted by Gasteiger charge is 2.15. The van der Waals surface area contributed by atoms with Gasteiger partial charge in [-0.2, -0.15) is 8.78 Å². The first-order valence-electron chi connectivity index (χ1n) is 6.02. The van der Waals surface area contributed by atoms with Gasteiger partial charge in [0.05, 0.1) is 12.3 Å². The maximum Gasteiger partial charge on any atom is 0.387 e. The lowest BCUT2D eigenvalue weighted by Gasteiger charge is -2.16. The van der Waals surface area contributed by atoms with Crippen LogP contribution in [0.5, 0.6) is 5.75 Å². The van der Waals surface area contributed by atoms with Crippen molar-refractivity contribution in [2.75, 3.05) is 6.54 Å². The molecule has 0 radical (unpaired) electrons. The maximum atomic E-state index is 12.1. The lowest BCUT2D eigenvalue weighted by molar-refractivity contribution is -0.0498. The predicted molar refractivity (Wildman–Crippen MR) is 67.3 cm³/mol. The summed E-state index contributed by atoms with van der Waals surface area (Å²) in [5.74, 6) is 0.929. The van der Waals surface area contributed by atoms with Crippen LogP contribution >= 0.6 is 0 Å². The van der Waals surface area contributed by atoms with Crippen molar-refractivity contribution >= 4 is 0 Å². The van der Waals surface area contributed by atoms with E-state index in [0.29, 0.717) is 0 Å². The van der Waals surface area contributed by atoms with Crippen LogP contribution in [0.25, 0.3) is 0 Å². The van der Waals surface area contributed by atoms with Crippen LogP contribution in [-0.2, 0) is 0 Å². The number of benzene rings is 1. The summed E-state index contributed by atoms with van der Waals surface area (Å²) in [7, 11) is 0. The summed E-state index contributed by atoms with van der Waals surface area (Å²) in [5, 5.41) is 3.28. The van der Waals surface area contributed by atoms with Crippen molar-refractivity contribution in [3.8, 4) is 5.75 Å². The molecule has 0 aliphatic heterocycles. The molecule has 0 saturated heterocycles. The molecule has 0 amide bonds. The zero-order valence-corrected chi connectivity index (χ0v) is 10.5. The highest BCUT2D eigenvalue weighted by molar-refractivity contribution is 5.32. The highest BCUT2D eigenvalue weighted by atomic mass is 19.3. The van der Waals surface area contributed by atoms with E-state index < -0.39 is 6.61 Å². The fraction of sp³-hybridized carbons (Fsp3) is 0.286. The Hall–Kier alpha value is -1.88. The predicted octanol–water partition coefficient (Wildman–Crippen LogP) is 3.58. The summed E-state index contributed by atoms with van der Waals surface area (Å²) in [6.45, 7) is -0.0503. The third-order valence-corrected chi connectivity index (χ3v) is 2.67. The minimum Gasteiger partial charge on any atom is -0.467 e. The van der Waals surface area contributed by atoms with Gasteiger partial charge in [0.25, 0.3) is 0 Å². The van der Waals surface area contributed by atoms with Crippen molar-refractivity contribution in [2.45, 2.75) is 19.6 Å². The SMILES string of the molecule is CCNC(c1ccc(OC(F)F)cc1)c1ccco1. The molecule has 1 aromatic carbocycles. The Bertz CT molecular complexity index is 483. The van der Waals surface area contributed by atoms with Gasteiger partial charge >= 0.3 is 6.61 Å². The molecule has 19 heavy (non-hydrogen) atoms. The number of halogens is 2. The second-order valence-corrected chi connectivity index (χ2v) is 3.95. The van der Waals surface area contributed by atoms with Crippen LogP contribution in [0, 0.1) is 0 Å². The highest BCUT2D eigenvalue weighted by Crippen LogP contribution is 2.25. The number of hydrogen-bond acceptors (Lipinski definition) is 3. The van der Waals surface area contributed by atoms with Crippen LogP contribution in [0.15, 0.2) is 47.1 Å². The zero-order chi connectivity index (χ0) is 13.7. The Balaban J connectivity index is 2.18. The Morgan fingerprint density at radius 1 is 1.21 bits per heavy atom. The first kappa shape index (κ1) is 13.5. The minimum absolute atomic E-state index is 0.0967. The van der Waals surface area contributed by atoms with Gasteiger partial charge in [0.15, 0.2) is 0 Å². The third kappa shape index (κ3) is 3.54. The van der Waals surface area contributed by atoms with Crippen LogP contribution in [0.4, 0.5) is 8.78 Å². The molecule has 1 N–H and O–H groups in total. The molecule has 3 nitrogen and oxygen atoms in total. The Labute approximate surface area is 110 Å². The average molecular weight is 267 g/mol. The molecule has 1 atom stereocenters. The fourth-order valence-corrected chi connectivity index (χ4v) is 1.88. The minimum atomic E-state index is -2.81. The van der Waals surface area contributed by atoms with Crippen LogP contribution < -0.4 is 10.1 Å². The van der Waals surface area contributed by atoms with Gasteiger partial charge < -0.3 is 14.5 Å². The number of ether oxygens (including phenoxy) is 1. The molecule has 0 bridgehead atoms. The van der Waals surface area contributed by atoms with Gasteiger partial charge in [-0.05, 0) is 36.4 Å². The van der Waals surface area contributed by atoms with Crippen molar-refractivity contribution in [1.29, 1.82) is 0 Å². The van der Waals surface area contributed by atoms with E-state index >= 15 is 0 Å². The first-order chi connectivity index (χ1) is 9.20. The summed E-state index contributed by atoms with van der Waals surface area (Å²) < 4.78 is 33.9. The van der Waals surface area contributed by atoms with E-state index in [1.54, 1.807) is 18.4 Å². The quantitative estimate of drug-likeness (QED) is 0.868.